The molecule has 126 valence electrons. The first kappa shape index (κ1) is 16.7. The highest BCUT2D eigenvalue weighted by Gasteiger charge is 2.24. The number of benzene rings is 1. The topological polar surface area (TPSA) is 36.4 Å². The van der Waals surface area contributed by atoms with E-state index >= 15 is 0 Å². The zero-order valence-corrected chi connectivity index (χ0v) is 14.7. The van der Waals surface area contributed by atoms with Crippen molar-refractivity contribution in [2.75, 3.05) is 19.6 Å². The molecule has 0 saturated carbocycles. The zero-order chi connectivity index (χ0) is 17.1. The number of piperazine rings is 1. The van der Waals surface area contributed by atoms with Gasteiger partial charge in [0.25, 0.3) is 0 Å². The Balaban J connectivity index is 1.59. The van der Waals surface area contributed by atoms with Crippen molar-refractivity contribution in [3.63, 3.8) is 0 Å². The van der Waals surface area contributed by atoms with E-state index in [4.69, 9.17) is 0 Å². The van der Waals surface area contributed by atoms with Gasteiger partial charge < -0.3 is 4.90 Å². The van der Waals surface area contributed by atoms with Crippen LogP contribution in [-0.4, -0.2) is 40.3 Å². The number of rotatable bonds is 4. The molecule has 0 N–H and O–H groups in total. The molecule has 0 spiro atoms. The first-order valence-electron chi connectivity index (χ1n) is 8.50. The average Bonchev–Trinajstić information content (AvgIpc) is 2.53. The van der Waals surface area contributed by atoms with Gasteiger partial charge in [-0.25, -0.2) is 0 Å². The highest BCUT2D eigenvalue weighted by molar-refractivity contribution is 5.79. The van der Waals surface area contributed by atoms with Crippen LogP contribution in [0.25, 0.3) is 0 Å². The lowest BCUT2D eigenvalue weighted by molar-refractivity contribution is -0.136. The van der Waals surface area contributed by atoms with Gasteiger partial charge >= 0.3 is 0 Å². The Hall–Kier alpha value is -2.20. The van der Waals surface area contributed by atoms with Crippen LogP contribution >= 0.6 is 0 Å². The van der Waals surface area contributed by atoms with Gasteiger partial charge in [-0.05, 0) is 49.6 Å². The third kappa shape index (κ3) is 4.01. The molecule has 1 aromatic heterocycles. The van der Waals surface area contributed by atoms with E-state index in [2.05, 4.69) is 41.9 Å². The van der Waals surface area contributed by atoms with E-state index in [1.54, 1.807) is 0 Å². The SMILES string of the molecule is Cc1cccc(CN2CCN(Cc3ccc(C)c(C)c3)C(=O)C2)n1. The highest BCUT2D eigenvalue weighted by atomic mass is 16.2. The molecule has 1 aromatic carbocycles. The Bertz CT molecular complexity index is 741. The maximum Gasteiger partial charge on any atom is 0.237 e. The molecule has 1 fully saturated rings. The number of carbonyl (C=O) groups excluding carboxylic acids is 1. The summed E-state index contributed by atoms with van der Waals surface area (Å²) in [4.78, 5) is 21.2. The number of nitrogens with zero attached hydrogens (tertiary/aromatic N) is 3. The number of hydrogen-bond acceptors (Lipinski definition) is 3. The van der Waals surface area contributed by atoms with Crippen LogP contribution in [-0.2, 0) is 17.9 Å². The molecule has 1 saturated heterocycles. The van der Waals surface area contributed by atoms with Crippen molar-refractivity contribution in [2.24, 2.45) is 0 Å². The monoisotopic (exact) mass is 323 g/mol. The number of aryl methyl sites for hydroxylation is 3. The summed E-state index contributed by atoms with van der Waals surface area (Å²) in [5.74, 6) is 0.201. The zero-order valence-electron chi connectivity index (χ0n) is 14.7. The van der Waals surface area contributed by atoms with E-state index in [1.807, 2.05) is 30.0 Å². The van der Waals surface area contributed by atoms with Crippen molar-refractivity contribution in [1.82, 2.24) is 14.8 Å². The molecule has 4 heteroatoms. The lowest BCUT2D eigenvalue weighted by atomic mass is 10.1. The molecule has 4 nitrogen and oxygen atoms in total. The third-order valence-corrected chi connectivity index (χ3v) is 4.67. The number of pyridine rings is 1. The molecule has 2 heterocycles. The van der Waals surface area contributed by atoms with Crippen molar-refractivity contribution < 1.29 is 4.79 Å². The van der Waals surface area contributed by atoms with Crippen molar-refractivity contribution >= 4 is 5.91 Å². The van der Waals surface area contributed by atoms with E-state index in [0.717, 1.165) is 31.0 Å². The van der Waals surface area contributed by atoms with Gasteiger partial charge in [-0.15, -0.1) is 0 Å². The van der Waals surface area contributed by atoms with E-state index < -0.39 is 0 Å². The summed E-state index contributed by atoms with van der Waals surface area (Å²) in [6.45, 7) is 9.82. The van der Waals surface area contributed by atoms with Gasteiger partial charge in [0.15, 0.2) is 0 Å². The fourth-order valence-electron chi connectivity index (χ4n) is 3.10. The Morgan fingerprint density at radius 2 is 1.83 bits per heavy atom. The van der Waals surface area contributed by atoms with Crippen LogP contribution < -0.4 is 0 Å². The van der Waals surface area contributed by atoms with Crippen molar-refractivity contribution in [3.8, 4) is 0 Å². The number of carbonyl (C=O) groups is 1. The van der Waals surface area contributed by atoms with Crippen molar-refractivity contribution in [1.29, 1.82) is 0 Å². The maximum absolute atomic E-state index is 12.5. The molecular formula is C20H25N3O. The van der Waals surface area contributed by atoms with Gasteiger partial charge in [0.2, 0.25) is 5.91 Å². The summed E-state index contributed by atoms with van der Waals surface area (Å²) in [5, 5.41) is 0. The molecule has 1 amide bonds. The van der Waals surface area contributed by atoms with Crippen molar-refractivity contribution in [3.05, 3.63) is 64.5 Å². The van der Waals surface area contributed by atoms with Gasteiger partial charge in [-0.2, -0.15) is 0 Å². The van der Waals surface area contributed by atoms with Crippen LogP contribution in [0.15, 0.2) is 36.4 Å². The Morgan fingerprint density at radius 1 is 1.00 bits per heavy atom. The molecule has 0 bridgehead atoms. The minimum Gasteiger partial charge on any atom is -0.336 e. The van der Waals surface area contributed by atoms with Gasteiger partial charge in [-0.3, -0.25) is 14.7 Å². The first-order chi connectivity index (χ1) is 11.5. The van der Waals surface area contributed by atoms with Gasteiger partial charge in [-0.1, -0.05) is 24.3 Å². The summed E-state index contributed by atoms with van der Waals surface area (Å²) >= 11 is 0. The van der Waals surface area contributed by atoms with Crippen molar-refractivity contribution in [2.45, 2.75) is 33.9 Å². The quantitative estimate of drug-likeness (QED) is 0.868. The normalized spacial score (nSPS) is 15.8. The van der Waals surface area contributed by atoms with E-state index in [-0.39, 0.29) is 5.91 Å². The molecule has 0 unspecified atom stereocenters. The fraction of sp³-hybridized carbons (Fsp3) is 0.400. The Kier molecular flexibility index (Phi) is 4.95. The molecule has 0 atom stereocenters. The third-order valence-electron chi connectivity index (χ3n) is 4.67. The van der Waals surface area contributed by atoms with Crippen LogP contribution in [0.1, 0.15) is 28.1 Å². The second-order valence-electron chi connectivity index (χ2n) is 6.71. The largest absolute Gasteiger partial charge is 0.336 e. The Morgan fingerprint density at radius 3 is 2.54 bits per heavy atom. The summed E-state index contributed by atoms with van der Waals surface area (Å²) in [7, 11) is 0. The predicted octanol–water partition coefficient (Wildman–Crippen LogP) is 2.85. The summed E-state index contributed by atoms with van der Waals surface area (Å²) in [6, 6.07) is 12.5. The van der Waals surface area contributed by atoms with Gasteiger partial charge in [0, 0.05) is 31.9 Å². The van der Waals surface area contributed by atoms with Crippen LogP contribution in [0.2, 0.25) is 0 Å². The standard InChI is InChI=1S/C20H25N3O/c1-15-7-8-18(11-16(15)2)12-23-10-9-22(14-20(23)24)13-19-6-4-5-17(3)21-19/h4-8,11H,9-10,12-14H2,1-3H3. The van der Waals surface area contributed by atoms with Crippen LogP contribution in [0.4, 0.5) is 0 Å². The molecule has 1 aliphatic heterocycles. The smallest absolute Gasteiger partial charge is 0.237 e. The molecule has 1 aliphatic rings. The van der Waals surface area contributed by atoms with E-state index in [1.165, 1.54) is 16.7 Å². The second-order valence-corrected chi connectivity index (χ2v) is 6.71. The van der Waals surface area contributed by atoms with E-state index in [9.17, 15) is 4.79 Å². The molecule has 0 radical (unpaired) electrons. The minimum atomic E-state index is 0.201. The molecule has 24 heavy (non-hydrogen) atoms. The maximum atomic E-state index is 12.5. The van der Waals surface area contributed by atoms with Gasteiger partial charge in [0.05, 0.1) is 12.2 Å². The van der Waals surface area contributed by atoms with Gasteiger partial charge in [0.1, 0.15) is 0 Å². The fourth-order valence-corrected chi connectivity index (χ4v) is 3.10. The predicted molar refractivity (Wildman–Crippen MR) is 95.6 cm³/mol. The lowest BCUT2D eigenvalue weighted by Gasteiger charge is -2.34. The number of amides is 1. The average molecular weight is 323 g/mol. The molecule has 3 rings (SSSR count). The number of aromatic nitrogens is 1. The molecule has 2 aromatic rings. The lowest BCUT2D eigenvalue weighted by Crippen LogP contribution is -2.49. The van der Waals surface area contributed by atoms with Crippen LogP contribution in [0.3, 0.4) is 0 Å². The summed E-state index contributed by atoms with van der Waals surface area (Å²) in [6.07, 6.45) is 0. The summed E-state index contributed by atoms with van der Waals surface area (Å²) in [5.41, 5.74) is 5.84. The van der Waals surface area contributed by atoms with Crippen LogP contribution in [0, 0.1) is 20.8 Å². The first-order valence-corrected chi connectivity index (χ1v) is 8.50. The van der Waals surface area contributed by atoms with E-state index in [0.29, 0.717) is 13.1 Å². The molecule has 0 aliphatic carbocycles. The van der Waals surface area contributed by atoms with Crippen LogP contribution in [0.5, 0.6) is 0 Å². The number of hydrogen-bond donors (Lipinski definition) is 0. The molecular weight excluding hydrogens is 298 g/mol. The summed E-state index contributed by atoms with van der Waals surface area (Å²) < 4.78 is 0. The second kappa shape index (κ2) is 7.14. The Labute approximate surface area is 144 Å². The highest BCUT2D eigenvalue weighted by Crippen LogP contribution is 2.15. The minimum absolute atomic E-state index is 0.201.